The Kier molecular flexibility index (Phi) is 5.35. The summed E-state index contributed by atoms with van der Waals surface area (Å²) in [5.74, 6) is 0.0266. The molecule has 0 aromatic heterocycles. The van der Waals surface area contributed by atoms with Crippen molar-refractivity contribution in [3.63, 3.8) is 0 Å². The van der Waals surface area contributed by atoms with E-state index >= 15 is 0 Å². The maximum Gasteiger partial charge on any atom is 0.243 e. The highest BCUT2D eigenvalue weighted by Crippen LogP contribution is 2.26. The van der Waals surface area contributed by atoms with Gasteiger partial charge in [-0.1, -0.05) is 19.4 Å². The van der Waals surface area contributed by atoms with E-state index in [1.165, 1.54) is 16.4 Å². The van der Waals surface area contributed by atoms with E-state index in [1.54, 1.807) is 0 Å². The van der Waals surface area contributed by atoms with Crippen molar-refractivity contribution in [2.24, 2.45) is 11.7 Å². The van der Waals surface area contributed by atoms with Crippen LogP contribution in [0, 0.1) is 11.7 Å². The first-order valence-electron chi connectivity index (χ1n) is 7.47. The molecular weight excluding hydrogens is 291 g/mol. The fourth-order valence-corrected chi connectivity index (χ4v) is 4.60. The fourth-order valence-electron chi connectivity index (χ4n) is 2.86. The standard InChI is InChI=1S/C15H23FN2O2S/c1-2-12-4-3-8-18(9-7-12)21(19,20)15-10-14(16)6-5-13(15)11-17/h5-6,10,12H,2-4,7-9,11,17H2,1H3. The first-order valence-corrected chi connectivity index (χ1v) is 8.91. The highest BCUT2D eigenvalue weighted by atomic mass is 32.2. The van der Waals surface area contributed by atoms with Gasteiger partial charge in [0.2, 0.25) is 10.0 Å². The van der Waals surface area contributed by atoms with E-state index in [0.717, 1.165) is 31.7 Å². The molecule has 1 aliphatic rings. The summed E-state index contributed by atoms with van der Waals surface area (Å²) in [5.41, 5.74) is 6.06. The SMILES string of the molecule is CCC1CCCN(S(=O)(=O)c2cc(F)ccc2CN)CC1. The molecule has 1 aliphatic heterocycles. The van der Waals surface area contributed by atoms with Crippen molar-refractivity contribution in [1.29, 1.82) is 0 Å². The number of nitrogens with two attached hydrogens (primary N) is 1. The fraction of sp³-hybridized carbons (Fsp3) is 0.600. The zero-order valence-corrected chi connectivity index (χ0v) is 13.2. The lowest BCUT2D eigenvalue weighted by Gasteiger charge is -2.21. The van der Waals surface area contributed by atoms with Crippen LogP contribution in [0.3, 0.4) is 0 Å². The molecule has 1 atom stereocenters. The Morgan fingerprint density at radius 2 is 2.10 bits per heavy atom. The van der Waals surface area contributed by atoms with E-state index in [4.69, 9.17) is 5.73 Å². The van der Waals surface area contributed by atoms with Gasteiger partial charge >= 0.3 is 0 Å². The number of sulfonamides is 1. The lowest BCUT2D eigenvalue weighted by molar-refractivity contribution is 0.407. The second kappa shape index (κ2) is 6.85. The Labute approximate surface area is 126 Å². The summed E-state index contributed by atoms with van der Waals surface area (Å²) in [6.45, 7) is 3.22. The van der Waals surface area contributed by atoms with E-state index in [9.17, 15) is 12.8 Å². The van der Waals surface area contributed by atoms with Gasteiger partial charge in [-0.25, -0.2) is 12.8 Å². The molecule has 2 N–H and O–H groups in total. The summed E-state index contributed by atoms with van der Waals surface area (Å²) in [6, 6.07) is 3.78. The second-order valence-electron chi connectivity index (χ2n) is 5.57. The molecule has 0 radical (unpaired) electrons. The lowest BCUT2D eigenvalue weighted by atomic mass is 9.98. The van der Waals surface area contributed by atoms with Crippen LogP contribution in [0.2, 0.25) is 0 Å². The second-order valence-corrected chi connectivity index (χ2v) is 7.47. The van der Waals surface area contributed by atoms with Crippen LogP contribution in [-0.2, 0) is 16.6 Å². The molecule has 0 bridgehead atoms. The van der Waals surface area contributed by atoms with Crippen molar-refractivity contribution in [2.75, 3.05) is 13.1 Å². The molecule has 1 aromatic rings. The molecule has 2 rings (SSSR count). The van der Waals surface area contributed by atoms with Crippen molar-refractivity contribution < 1.29 is 12.8 Å². The van der Waals surface area contributed by atoms with Crippen LogP contribution in [0.4, 0.5) is 4.39 Å². The smallest absolute Gasteiger partial charge is 0.243 e. The normalized spacial score (nSPS) is 21.2. The Morgan fingerprint density at radius 3 is 2.76 bits per heavy atom. The topological polar surface area (TPSA) is 63.4 Å². The van der Waals surface area contributed by atoms with Crippen LogP contribution in [0.5, 0.6) is 0 Å². The molecule has 4 nitrogen and oxygen atoms in total. The molecule has 1 heterocycles. The maximum absolute atomic E-state index is 13.5. The quantitative estimate of drug-likeness (QED) is 0.928. The molecule has 21 heavy (non-hydrogen) atoms. The number of hydrogen-bond acceptors (Lipinski definition) is 3. The van der Waals surface area contributed by atoms with Crippen molar-refractivity contribution in [3.05, 3.63) is 29.6 Å². The van der Waals surface area contributed by atoms with Crippen LogP contribution in [0.1, 0.15) is 38.2 Å². The van der Waals surface area contributed by atoms with Crippen molar-refractivity contribution >= 4 is 10.0 Å². The number of benzene rings is 1. The number of halogens is 1. The summed E-state index contributed by atoms with van der Waals surface area (Å²) in [6.07, 6.45) is 3.84. The average molecular weight is 314 g/mol. The van der Waals surface area contributed by atoms with Crippen LogP contribution in [0.25, 0.3) is 0 Å². The predicted molar refractivity (Wildman–Crippen MR) is 80.7 cm³/mol. The maximum atomic E-state index is 13.5. The van der Waals surface area contributed by atoms with E-state index in [2.05, 4.69) is 6.92 Å². The zero-order valence-electron chi connectivity index (χ0n) is 12.4. The number of nitrogens with zero attached hydrogens (tertiary/aromatic N) is 1. The van der Waals surface area contributed by atoms with Gasteiger partial charge < -0.3 is 5.73 Å². The van der Waals surface area contributed by atoms with Gasteiger partial charge in [0.15, 0.2) is 0 Å². The van der Waals surface area contributed by atoms with Gasteiger partial charge in [-0.15, -0.1) is 0 Å². The Hall–Kier alpha value is -0.980. The Morgan fingerprint density at radius 1 is 1.33 bits per heavy atom. The van der Waals surface area contributed by atoms with Crippen LogP contribution in [0.15, 0.2) is 23.1 Å². The lowest BCUT2D eigenvalue weighted by Crippen LogP contribution is -2.33. The summed E-state index contributed by atoms with van der Waals surface area (Å²) >= 11 is 0. The van der Waals surface area contributed by atoms with Gasteiger partial charge in [-0.2, -0.15) is 4.31 Å². The molecular formula is C15H23FN2O2S. The molecule has 0 spiro atoms. The highest BCUT2D eigenvalue weighted by Gasteiger charge is 2.29. The third-order valence-electron chi connectivity index (χ3n) is 4.25. The average Bonchev–Trinajstić information content (AvgIpc) is 2.73. The van der Waals surface area contributed by atoms with E-state index in [0.29, 0.717) is 24.6 Å². The first kappa shape index (κ1) is 16.4. The van der Waals surface area contributed by atoms with Crippen molar-refractivity contribution in [3.8, 4) is 0 Å². The van der Waals surface area contributed by atoms with E-state index < -0.39 is 15.8 Å². The first-order chi connectivity index (χ1) is 9.98. The van der Waals surface area contributed by atoms with Crippen molar-refractivity contribution in [2.45, 2.75) is 44.0 Å². The Bertz CT molecular complexity index is 589. The summed E-state index contributed by atoms with van der Waals surface area (Å²) < 4.78 is 40.5. The summed E-state index contributed by atoms with van der Waals surface area (Å²) in [5, 5.41) is 0. The molecule has 1 saturated heterocycles. The third-order valence-corrected chi connectivity index (χ3v) is 6.23. The van der Waals surface area contributed by atoms with Crippen LogP contribution >= 0.6 is 0 Å². The van der Waals surface area contributed by atoms with Gasteiger partial charge in [0.25, 0.3) is 0 Å². The van der Waals surface area contributed by atoms with E-state index in [-0.39, 0.29) is 11.4 Å². The monoisotopic (exact) mass is 314 g/mol. The largest absolute Gasteiger partial charge is 0.326 e. The molecule has 0 amide bonds. The minimum Gasteiger partial charge on any atom is -0.326 e. The molecule has 6 heteroatoms. The zero-order chi connectivity index (χ0) is 15.5. The minimum absolute atomic E-state index is 0.0138. The van der Waals surface area contributed by atoms with Crippen LogP contribution in [-0.4, -0.2) is 25.8 Å². The Balaban J connectivity index is 2.31. The number of rotatable bonds is 4. The van der Waals surface area contributed by atoms with Gasteiger partial charge in [0.1, 0.15) is 5.82 Å². The van der Waals surface area contributed by atoms with Gasteiger partial charge in [0.05, 0.1) is 4.90 Å². The molecule has 0 aliphatic carbocycles. The van der Waals surface area contributed by atoms with E-state index in [1.807, 2.05) is 0 Å². The highest BCUT2D eigenvalue weighted by molar-refractivity contribution is 7.89. The summed E-state index contributed by atoms with van der Waals surface area (Å²) in [7, 11) is -3.67. The van der Waals surface area contributed by atoms with Gasteiger partial charge in [0, 0.05) is 19.6 Å². The number of hydrogen-bond donors (Lipinski definition) is 1. The minimum atomic E-state index is -3.67. The molecule has 1 aromatic carbocycles. The molecule has 0 saturated carbocycles. The van der Waals surface area contributed by atoms with Gasteiger partial charge in [-0.3, -0.25) is 0 Å². The molecule has 118 valence electrons. The molecule has 1 fully saturated rings. The van der Waals surface area contributed by atoms with Crippen molar-refractivity contribution in [1.82, 2.24) is 4.31 Å². The van der Waals surface area contributed by atoms with Crippen LogP contribution < -0.4 is 5.73 Å². The predicted octanol–water partition coefficient (Wildman–Crippen LogP) is 2.49. The molecule has 1 unspecified atom stereocenters. The van der Waals surface area contributed by atoms with Gasteiger partial charge in [-0.05, 0) is 42.9 Å². The summed E-state index contributed by atoms with van der Waals surface area (Å²) in [4.78, 5) is 0.0138. The third kappa shape index (κ3) is 3.62.